The molecule has 10 nitrogen and oxygen atoms in total. The van der Waals surface area contributed by atoms with Gasteiger partial charge in [0.2, 0.25) is 5.82 Å². The van der Waals surface area contributed by atoms with Gasteiger partial charge in [0.05, 0.1) is 10.2 Å². The van der Waals surface area contributed by atoms with E-state index in [-0.39, 0.29) is 28.4 Å². The fraction of sp³-hybridized carbons (Fsp3) is 0.227. The number of aliphatic imine (C=N–C) groups is 1. The molecule has 0 fully saturated rings. The second kappa shape index (κ2) is 10.4. The number of hydrogen-bond acceptors (Lipinski definition) is 7. The highest BCUT2D eigenvalue weighted by molar-refractivity contribution is 9.10. The van der Waals surface area contributed by atoms with Crippen molar-refractivity contribution in [3.8, 4) is 0 Å². The first-order valence-electron chi connectivity index (χ1n) is 10.0. The number of carbonyl (C=O) groups is 2. The van der Waals surface area contributed by atoms with Crippen LogP contribution in [0.4, 0.5) is 20.7 Å². The highest BCUT2D eigenvalue weighted by atomic mass is 79.9. The number of ether oxygens (including phenoxy) is 1. The SMILES string of the molecule is CC(C)(C)OC(=O)NCc1ccc(C(=O)Nc2nonc2C(N)=Nc2ccc(F)c(Br)c2)cc1. The number of alkyl carbamates (subject to hydrolysis) is 1. The normalized spacial score (nSPS) is 11.7. The number of aromatic nitrogens is 2. The molecule has 0 atom stereocenters. The molecule has 1 heterocycles. The molecule has 34 heavy (non-hydrogen) atoms. The molecule has 3 aromatic rings. The van der Waals surface area contributed by atoms with E-state index < -0.39 is 23.4 Å². The van der Waals surface area contributed by atoms with Crippen molar-refractivity contribution in [1.82, 2.24) is 15.6 Å². The predicted molar refractivity (Wildman–Crippen MR) is 126 cm³/mol. The molecule has 0 spiro atoms. The molecule has 0 aliphatic rings. The van der Waals surface area contributed by atoms with Crippen LogP contribution in [-0.2, 0) is 11.3 Å². The lowest BCUT2D eigenvalue weighted by molar-refractivity contribution is 0.0523. The van der Waals surface area contributed by atoms with Gasteiger partial charge in [-0.05, 0) is 82.9 Å². The molecule has 4 N–H and O–H groups in total. The molecule has 3 rings (SSSR count). The van der Waals surface area contributed by atoms with Gasteiger partial charge in [-0.15, -0.1) is 0 Å². The molecular weight excluding hydrogens is 511 g/mol. The molecule has 0 aliphatic carbocycles. The number of rotatable bonds is 6. The van der Waals surface area contributed by atoms with Gasteiger partial charge < -0.3 is 21.1 Å². The number of amides is 2. The highest BCUT2D eigenvalue weighted by Gasteiger charge is 2.18. The molecule has 178 valence electrons. The zero-order valence-corrected chi connectivity index (χ0v) is 20.1. The summed E-state index contributed by atoms with van der Waals surface area (Å²) < 4.78 is 23.5. The van der Waals surface area contributed by atoms with Crippen molar-refractivity contribution < 1.29 is 23.3 Å². The third-order valence-electron chi connectivity index (χ3n) is 4.17. The van der Waals surface area contributed by atoms with Crippen LogP contribution < -0.4 is 16.4 Å². The van der Waals surface area contributed by atoms with Crippen LogP contribution in [0.3, 0.4) is 0 Å². The second-order valence-electron chi connectivity index (χ2n) is 8.06. The van der Waals surface area contributed by atoms with E-state index >= 15 is 0 Å². The first-order valence-corrected chi connectivity index (χ1v) is 10.8. The van der Waals surface area contributed by atoms with Crippen molar-refractivity contribution in [2.75, 3.05) is 5.32 Å². The summed E-state index contributed by atoms with van der Waals surface area (Å²) in [6.45, 7) is 5.56. The van der Waals surface area contributed by atoms with Gasteiger partial charge in [0, 0.05) is 12.1 Å². The van der Waals surface area contributed by atoms with Crippen LogP contribution >= 0.6 is 15.9 Å². The Labute approximate surface area is 202 Å². The molecule has 0 saturated carbocycles. The molecule has 2 aromatic carbocycles. The molecular formula is C22H22BrFN6O4. The molecule has 0 bridgehead atoms. The number of nitrogens with two attached hydrogens (primary N) is 1. The summed E-state index contributed by atoms with van der Waals surface area (Å²) in [5.41, 5.74) is 6.86. The van der Waals surface area contributed by atoms with E-state index in [4.69, 9.17) is 15.1 Å². The van der Waals surface area contributed by atoms with Crippen LogP contribution in [0.25, 0.3) is 0 Å². The third-order valence-corrected chi connectivity index (χ3v) is 4.78. The van der Waals surface area contributed by atoms with Crippen LogP contribution in [0.5, 0.6) is 0 Å². The Bertz CT molecular complexity index is 1220. The number of halogens is 2. The Morgan fingerprint density at radius 1 is 1.18 bits per heavy atom. The summed E-state index contributed by atoms with van der Waals surface area (Å²) in [6.07, 6.45) is -0.535. The van der Waals surface area contributed by atoms with Gasteiger partial charge in [-0.3, -0.25) is 4.79 Å². The van der Waals surface area contributed by atoms with E-state index in [0.717, 1.165) is 5.56 Å². The largest absolute Gasteiger partial charge is 0.444 e. The lowest BCUT2D eigenvalue weighted by Gasteiger charge is -2.19. The van der Waals surface area contributed by atoms with E-state index in [1.807, 2.05) is 0 Å². The lowest BCUT2D eigenvalue weighted by atomic mass is 10.1. The van der Waals surface area contributed by atoms with Crippen molar-refractivity contribution >= 4 is 45.3 Å². The summed E-state index contributed by atoms with van der Waals surface area (Å²) in [6, 6.07) is 10.6. The van der Waals surface area contributed by atoms with Crippen LogP contribution in [0, 0.1) is 5.82 Å². The summed E-state index contributed by atoms with van der Waals surface area (Å²) in [5, 5.41) is 12.6. The number of hydrogen-bond donors (Lipinski definition) is 3. The number of amidine groups is 1. The minimum absolute atomic E-state index is 0.0204. The third kappa shape index (κ3) is 6.85. The summed E-state index contributed by atoms with van der Waals surface area (Å²) >= 11 is 3.08. The number of nitrogens with zero attached hydrogens (tertiary/aromatic N) is 3. The summed E-state index contributed by atoms with van der Waals surface area (Å²) in [5.74, 6) is -1.04. The van der Waals surface area contributed by atoms with Gasteiger partial charge in [-0.2, -0.15) is 0 Å². The van der Waals surface area contributed by atoms with Gasteiger partial charge in [-0.1, -0.05) is 12.1 Å². The Hall–Kier alpha value is -3.80. The molecule has 2 amide bonds. The number of nitrogens with one attached hydrogen (secondary N) is 2. The van der Waals surface area contributed by atoms with Gasteiger partial charge in [0.15, 0.2) is 11.5 Å². The fourth-order valence-corrected chi connectivity index (χ4v) is 2.99. The van der Waals surface area contributed by atoms with E-state index in [1.54, 1.807) is 45.0 Å². The fourth-order valence-electron chi connectivity index (χ4n) is 2.63. The molecule has 0 aliphatic heterocycles. The second-order valence-corrected chi connectivity index (χ2v) is 8.92. The first kappa shape index (κ1) is 24.8. The summed E-state index contributed by atoms with van der Waals surface area (Å²) in [4.78, 5) is 28.5. The maximum absolute atomic E-state index is 13.4. The van der Waals surface area contributed by atoms with Crippen LogP contribution in [0.15, 0.2) is 56.6 Å². The average molecular weight is 533 g/mol. The minimum Gasteiger partial charge on any atom is -0.444 e. The average Bonchev–Trinajstić information content (AvgIpc) is 3.22. The minimum atomic E-state index is -0.592. The van der Waals surface area contributed by atoms with Gasteiger partial charge in [0.1, 0.15) is 11.4 Å². The number of benzene rings is 2. The van der Waals surface area contributed by atoms with Gasteiger partial charge >= 0.3 is 6.09 Å². The maximum Gasteiger partial charge on any atom is 0.407 e. The molecule has 0 saturated heterocycles. The molecule has 0 unspecified atom stereocenters. The van der Waals surface area contributed by atoms with Crippen LogP contribution in [0.2, 0.25) is 0 Å². The smallest absolute Gasteiger partial charge is 0.407 e. The lowest BCUT2D eigenvalue weighted by Crippen LogP contribution is -2.32. The monoisotopic (exact) mass is 532 g/mol. The quantitative estimate of drug-likeness (QED) is 0.317. The zero-order chi connectivity index (χ0) is 24.9. The Balaban J connectivity index is 1.64. The highest BCUT2D eigenvalue weighted by Crippen LogP contribution is 2.23. The van der Waals surface area contributed by atoms with Crippen LogP contribution in [0.1, 0.15) is 42.4 Å². The van der Waals surface area contributed by atoms with Gasteiger partial charge in [0.25, 0.3) is 5.91 Å². The Kier molecular flexibility index (Phi) is 7.61. The van der Waals surface area contributed by atoms with E-state index in [2.05, 4.69) is 41.9 Å². The van der Waals surface area contributed by atoms with Crippen molar-refractivity contribution in [1.29, 1.82) is 0 Å². The van der Waals surface area contributed by atoms with E-state index in [1.165, 1.54) is 18.2 Å². The van der Waals surface area contributed by atoms with Crippen molar-refractivity contribution in [2.45, 2.75) is 32.9 Å². The predicted octanol–water partition coefficient (Wildman–Crippen LogP) is 4.29. The summed E-state index contributed by atoms with van der Waals surface area (Å²) in [7, 11) is 0. The number of carbonyl (C=O) groups excluding carboxylic acids is 2. The van der Waals surface area contributed by atoms with E-state index in [9.17, 15) is 14.0 Å². The van der Waals surface area contributed by atoms with Crippen molar-refractivity contribution in [2.24, 2.45) is 10.7 Å². The van der Waals surface area contributed by atoms with Crippen molar-refractivity contribution in [3.05, 3.63) is 69.6 Å². The first-order chi connectivity index (χ1) is 16.0. The standard InChI is InChI=1S/C22H22BrFN6O4/c1-22(2,3)33-21(32)26-11-12-4-6-13(7-5-12)20(31)28-19-17(29-34-30-19)18(25)27-14-8-9-16(24)15(23)10-14/h4-10H,11H2,1-3H3,(H2,25,27)(H,26,32)(H,28,30,31). The Morgan fingerprint density at radius 3 is 2.53 bits per heavy atom. The maximum atomic E-state index is 13.4. The topological polar surface area (TPSA) is 145 Å². The van der Waals surface area contributed by atoms with E-state index in [0.29, 0.717) is 11.3 Å². The van der Waals surface area contributed by atoms with Gasteiger partial charge in [-0.25, -0.2) is 18.8 Å². The number of anilines is 1. The molecule has 1 aromatic heterocycles. The molecule has 12 heteroatoms. The molecule has 0 radical (unpaired) electrons. The van der Waals surface area contributed by atoms with Crippen LogP contribution in [-0.4, -0.2) is 33.8 Å². The van der Waals surface area contributed by atoms with Crippen molar-refractivity contribution in [3.63, 3.8) is 0 Å². The zero-order valence-electron chi connectivity index (χ0n) is 18.6. The Morgan fingerprint density at radius 2 is 1.88 bits per heavy atom.